The van der Waals surface area contributed by atoms with Crippen molar-refractivity contribution >= 4 is 23.4 Å². The summed E-state index contributed by atoms with van der Waals surface area (Å²) in [5.41, 5.74) is 2.28. The van der Waals surface area contributed by atoms with Crippen molar-refractivity contribution in [3.63, 3.8) is 0 Å². The van der Waals surface area contributed by atoms with Crippen molar-refractivity contribution in [1.82, 2.24) is 10.2 Å². The maximum atomic E-state index is 13.5. The van der Waals surface area contributed by atoms with E-state index in [1.165, 1.54) is 11.3 Å². The van der Waals surface area contributed by atoms with Crippen molar-refractivity contribution < 1.29 is 14.3 Å². The molecule has 31 heavy (non-hydrogen) atoms. The van der Waals surface area contributed by atoms with Gasteiger partial charge < -0.3 is 10.1 Å². The largest absolute Gasteiger partial charge is 0.497 e. The summed E-state index contributed by atoms with van der Waals surface area (Å²) in [7, 11) is 1.59. The summed E-state index contributed by atoms with van der Waals surface area (Å²) >= 11 is 5.95. The molecule has 1 fully saturated rings. The smallest absolute Gasteiger partial charge is 0.248 e. The summed E-state index contributed by atoms with van der Waals surface area (Å²) in [6, 6.07) is 6.52. The molecule has 2 rings (SSSR count). The molecule has 0 spiro atoms. The highest BCUT2D eigenvalue weighted by Crippen LogP contribution is 2.29. The molecule has 1 N–H and O–H groups in total. The van der Waals surface area contributed by atoms with Gasteiger partial charge in [-0.2, -0.15) is 0 Å². The summed E-state index contributed by atoms with van der Waals surface area (Å²) in [6.07, 6.45) is 10.7. The molecule has 1 aromatic carbocycles. The maximum absolute atomic E-state index is 13.5. The highest BCUT2D eigenvalue weighted by Gasteiger charge is 2.33. The number of methoxy groups -OCH3 is 1. The number of amides is 2. The Morgan fingerprint density at radius 1 is 1.19 bits per heavy atom. The van der Waals surface area contributed by atoms with E-state index < -0.39 is 6.04 Å². The Kier molecular flexibility index (Phi) is 9.86. The van der Waals surface area contributed by atoms with Gasteiger partial charge >= 0.3 is 0 Å². The number of halogens is 1. The molecular formula is C25H33ClN2O3. The minimum atomic E-state index is -0.826. The molecule has 0 aliphatic heterocycles. The fourth-order valence-corrected chi connectivity index (χ4v) is 3.87. The van der Waals surface area contributed by atoms with Crippen LogP contribution in [0.2, 0.25) is 0 Å². The topological polar surface area (TPSA) is 58.6 Å². The zero-order chi connectivity index (χ0) is 22.8. The number of carbonyl (C=O) groups excluding carboxylic acids is 2. The van der Waals surface area contributed by atoms with Crippen molar-refractivity contribution in [2.75, 3.05) is 13.0 Å². The van der Waals surface area contributed by atoms with Gasteiger partial charge in [-0.3, -0.25) is 14.5 Å². The lowest BCUT2D eigenvalue weighted by Crippen LogP contribution is -2.46. The second-order valence-corrected chi connectivity index (χ2v) is 8.11. The molecule has 0 radical (unpaired) electrons. The number of nitrogens with one attached hydrogen (secondary N) is 1. The van der Waals surface area contributed by atoms with Crippen LogP contribution in [0.5, 0.6) is 5.75 Å². The van der Waals surface area contributed by atoms with Crippen molar-refractivity contribution in [2.45, 2.75) is 58.0 Å². The van der Waals surface area contributed by atoms with Gasteiger partial charge in [0.2, 0.25) is 11.8 Å². The minimum Gasteiger partial charge on any atom is -0.497 e. The van der Waals surface area contributed by atoms with Crippen LogP contribution in [0, 0.1) is 0 Å². The summed E-state index contributed by atoms with van der Waals surface area (Å²) in [6.45, 7) is 7.48. The first-order valence-electron chi connectivity index (χ1n) is 10.7. The van der Waals surface area contributed by atoms with Crippen LogP contribution in [0.15, 0.2) is 60.3 Å². The Balaban J connectivity index is 2.47. The normalized spacial score (nSPS) is 16.4. The number of hydrogen-bond acceptors (Lipinski definition) is 3. The average molecular weight is 445 g/mol. The Labute approximate surface area is 190 Å². The first-order valence-corrected chi connectivity index (χ1v) is 11.2. The highest BCUT2D eigenvalue weighted by atomic mass is 35.5. The third-order valence-electron chi connectivity index (χ3n) is 5.56. The Hall–Kier alpha value is -2.53. The summed E-state index contributed by atoms with van der Waals surface area (Å²) in [5.74, 6) is -0.0757. The van der Waals surface area contributed by atoms with Gasteiger partial charge in [-0.05, 0) is 50.5 Å². The van der Waals surface area contributed by atoms with Crippen LogP contribution in [0.4, 0.5) is 0 Å². The van der Waals surface area contributed by atoms with Crippen LogP contribution in [0.3, 0.4) is 0 Å². The molecular weight excluding hydrogens is 412 g/mol. The van der Waals surface area contributed by atoms with Crippen molar-refractivity contribution in [3.05, 3.63) is 65.9 Å². The first-order chi connectivity index (χ1) is 14.9. The van der Waals surface area contributed by atoms with Crippen LogP contribution in [0.1, 0.15) is 57.6 Å². The number of alkyl halides is 1. The predicted octanol–water partition coefficient (Wildman–Crippen LogP) is 5.29. The van der Waals surface area contributed by atoms with Crippen LogP contribution in [-0.2, 0) is 9.59 Å². The Morgan fingerprint density at radius 3 is 2.39 bits per heavy atom. The van der Waals surface area contributed by atoms with E-state index >= 15 is 0 Å². The molecule has 1 aliphatic rings. The number of benzene rings is 1. The standard InChI is InChI=1S/C25H33ClN2O3/c1-5-18(2)11-12-19(3)28(23(29)17-26)24(20-13-15-22(31-4)16-14-20)25(30)27-21-9-7-6-8-10-21/h5,11-16,21,24H,1,6-10,17H2,2-4H3,(H,27,30)/b18-11-,19-12+. The van der Waals surface area contributed by atoms with E-state index in [0.717, 1.165) is 31.3 Å². The van der Waals surface area contributed by atoms with Gasteiger partial charge in [-0.25, -0.2) is 0 Å². The zero-order valence-corrected chi connectivity index (χ0v) is 19.5. The lowest BCUT2D eigenvalue weighted by atomic mass is 9.94. The highest BCUT2D eigenvalue weighted by molar-refractivity contribution is 6.27. The van der Waals surface area contributed by atoms with E-state index in [9.17, 15) is 9.59 Å². The van der Waals surface area contributed by atoms with Crippen LogP contribution in [-0.4, -0.2) is 35.7 Å². The van der Waals surface area contributed by atoms with Crippen molar-refractivity contribution in [2.24, 2.45) is 0 Å². The third kappa shape index (κ3) is 7.00. The van der Waals surface area contributed by atoms with E-state index in [1.807, 2.05) is 38.1 Å². The molecule has 5 nitrogen and oxygen atoms in total. The number of nitrogens with zero attached hydrogens (tertiary/aromatic N) is 1. The molecule has 1 aromatic rings. The number of carbonyl (C=O) groups is 2. The van der Waals surface area contributed by atoms with Crippen molar-refractivity contribution in [1.29, 1.82) is 0 Å². The quantitative estimate of drug-likeness (QED) is 0.416. The number of allylic oxidation sites excluding steroid dienone is 5. The summed E-state index contributed by atoms with van der Waals surface area (Å²) < 4.78 is 5.25. The molecule has 0 saturated heterocycles. The summed E-state index contributed by atoms with van der Waals surface area (Å²) in [4.78, 5) is 27.9. The lowest BCUT2D eigenvalue weighted by Gasteiger charge is -2.33. The van der Waals surface area contributed by atoms with Crippen molar-refractivity contribution in [3.8, 4) is 5.75 Å². The van der Waals surface area contributed by atoms with E-state index in [0.29, 0.717) is 17.0 Å². The van der Waals surface area contributed by atoms with Gasteiger partial charge in [0.25, 0.3) is 0 Å². The first kappa shape index (κ1) is 24.7. The van der Waals surface area contributed by atoms with Gasteiger partial charge in [0.1, 0.15) is 17.7 Å². The van der Waals surface area contributed by atoms with Crippen LogP contribution < -0.4 is 10.1 Å². The fraction of sp³-hybridized carbons (Fsp3) is 0.440. The zero-order valence-electron chi connectivity index (χ0n) is 18.7. The molecule has 6 heteroatoms. The van der Waals surface area contributed by atoms with Gasteiger partial charge in [0.15, 0.2) is 0 Å². The second kappa shape index (κ2) is 12.4. The SMILES string of the molecule is C=C/C(C)=C\C=C(/C)N(C(=O)CCl)C(C(=O)NC1CCCCC1)c1ccc(OC)cc1. The number of ether oxygens (including phenoxy) is 1. The van der Waals surface area contributed by atoms with E-state index in [1.54, 1.807) is 25.3 Å². The number of rotatable bonds is 9. The van der Waals surface area contributed by atoms with Crippen LogP contribution in [0.25, 0.3) is 0 Å². The van der Waals surface area contributed by atoms with E-state index in [-0.39, 0.29) is 23.7 Å². The monoisotopic (exact) mass is 444 g/mol. The molecule has 0 bridgehead atoms. The van der Waals surface area contributed by atoms with Gasteiger partial charge in [-0.15, -0.1) is 11.6 Å². The minimum absolute atomic E-state index is 0.127. The predicted molar refractivity (Wildman–Crippen MR) is 126 cm³/mol. The molecule has 1 atom stereocenters. The Bertz CT molecular complexity index is 824. The second-order valence-electron chi connectivity index (χ2n) is 7.84. The molecule has 1 unspecified atom stereocenters. The molecule has 0 aromatic heterocycles. The number of hydrogen-bond donors (Lipinski definition) is 1. The molecule has 168 valence electrons. The Morgan fingerprint density at radius 2 is 1.84 bits per heavy atom. The van der Waals surface area contributed by atoms with Crippen LogP contribution >= 0.6 is 11.6 Å². The lowest BCUT2D eigenvalue weighted by molar-refractivity contribution is -0.137. The molecule has 0 heterocycles. The molecule has 2 amide bonds. The summed E-state index contributed by atoms with van der Waals surface area (Å²) in [5, 5.41) is 3.17. The third-order valence-corrected chi connectivity index (χ3v) is 5.79. The fourth-order valence-electron chi connectivity index (χ4n) is 3.74. The van der Waals surface area contributed by atoms with E-state index in [2.05, 4.69) is 11.9 Å². The van der Waals surface area contributed by atoms with Gasteiger partial charge in [-0.1, -0.05) is 55.7 Å². The van der Waals surface area contributed by atoms with Gasteiger partial charge in [0, 0.05) is 11.7 Å². The average Bonchev–Trinajstić information content (AvgIpc) is 2.80. The maximum Gasteiger partial charge on any atom is 0.248 e. The van der Waals surface area contributed by atoms with Gasteiger partial charge in [0.05, 0.1) is 7.11 Å². The van der Waals surface area contributed by atoms with E-state index in [4.69, 9.17) is 16.3 Å². The molecule has 1 aliphatic carbocycles. The molecule has 1 saturated carbocycles.